The molecule has 102 valence electrons. The Morgan fingerprint density at radius 1 is 1.63 bits per heavy atom. The molecule has 0 radical (unpaired) electrons. The number of nitrogens with zero attached hydrogens (tertiary/aromatic N) is 2. The summed E-state index contributed by atoms with van der Waals surface area (Å²) in [7, 11) is 0. The van der Waals surface area contributed by atoms with Gasteiger partial charge in [-0.05, 0) is 30.7 Å². The molecule has 0 aromatic carbocycles. The third-order valence-electron chi connectivity index (χ3n) is 2.52. The molecule has 1 rings (SSSR count). The summed E-state index contributed by atoms with van der Waals surface area (Å²) in [6.07, 6.45) is 2.68. The van der Waals surface area contributed by atoms with Gasteiger partial charge < -0.3 is 0 Å². The second kappa shape index (κ2) is 5.69. The van der Waals surface area contributed by atoms with Crippen LogP contribution in [-0.4, -0.2) is 15.8 Å². The van der Waals surface area contributed by atoms with Crippen LogP contribution in [0.2, 0.25) is 0 Å². The minimum atomic E-state index is -2.99. The molecular formula is C13H14F2N2O2. The van der Waals surface area contributed by atoms with E-state index in [4.69, 9.17) is 0 Å². The fourth-order valence-electron chi connectivity index (χ4n) is 1.44. The average molecular weight is 268 g/mol. The summed E-state index contributed by atoms with van der Waals surface area (Å²) in [4.78, 5) is 14.3. The number of halogens is 2. The van der Waals surface area contributed by atoms with E-state index < -0.39 is 10.8 Å². The minimum Gasteiger partial charge on any atom is -0.258 e. The maximum atomic E-state index is 13.1. The van der Waals surface area contributed by atoms with Gasteiger partial charge in [0, 0.05) is 12.6 Å². The van der Waals surface area contributed by atoms with Crippen LogP contribution in [-0.2, 0) is 0 Å². The molecule has 0 saturated heterocycles. The Hall–Kier alpha value is -2.11. The first kappa shape index (κ1) is 14.9. The van der Waals surface area contributed by atoms with Crippen molar-refractivity contribution in [2.45, 2.75) is 26.2 Å². The SMILES string of the molecule is C=C(C)c1nccc(/C=C/C(F)(F)CC)c1[N+](=O)[O-]. The van der Waals surface area contributed by atoms with Gasteiger partial charge in [0.15, 0.2) is 0 Å². The fourth-order valence-corrected chi connectivity index (χ4v) is 1.44. The highest BCUT2D eigenvalue weighted by atomic mass is 19.3. The van der Waals surface area contributed by atoms with Crippen molar-refractivity contribution in [2.75, 3.05) is 0 Å². The first-order chi connectivity index (χ1) is 8.78. The maximum Gasteiger partial charge on any atom is 0.302 e. The summed E-state index contributed by atoms with van der Waals surface area (Å²) in [5.74, 6) is -2.99. The topological polar surface area (TPSA) is 56.0 Å². The van der Waals surface area contributed by atoms with E-state index >= 15 is 0 Å². The van der Waals surface area contributed by atoms with Crippen molar-refractivity contribution in [3.8, 4) is 0 Å². The van der Waals surface area contributed by atoms with Gasteiger partial charge in [-0.1, -0.05) is 13.5 Å². The van der Waals surface area contributed by atoms with Crippen LogP contribution in [0.4, 0.5) is 14.5 Å². The van der Waals surface area contributed by atoms with E-state index in [1.54, 1.807) is 6.92 Å². The first-order valence-electron chi connectivity index (χ1n) is 5.65. The lowest BCUT2D eigenvalue weighted by Gasteiger charge is -2.08. The van der Waals surface area contributed by atoms with Gasteiger partial charge in [-0.3, -0.25) is 10.1 Å². The zero-order valence-electron chi connectivity index (χ0n) is 10.7. The number of allylic oxidation sites excluding steroid dienone is 2. The van der Waals surface area contributed by atoms with E-state index in [1.807, 2.05) is 0 Å². The molecule has 0 N–H and O–H groups in total. The predicted molar refractivity (Wildman–Crippen MR) is 69.9 cm³/mol. The second-order valence-electron chi connectivity index (χ2n) is 4.08. The Bertz CT molecular complexity index is 539. The second-order valence-corrected chi connectivity index (χ2v) is 4.08. The van der Waals surface area contributed by atoms with E-state index in [1.165, 1.54) is 19.2 Å². The van der Waals surface area contributed by atoms with Crippen LogP contribution in [0.15, 0.2) is 24.9 Å². The van der Waals surface area contributed by atoms with Crippen molar-refractivity contribution >= 4 is 17.3 Å². The molecule has 0 saturated carbocycles. The van der Waals surface area contributed by atoms with Crippen molar-refractivity contribution in [3.05, 3.63) is 46.3 Å². The zero-order valence-corrected chi connectivity index (χ0v) is 10.7. The minimum absolute atomic E-state index is 0.0890. The number of pyridine rings is 1. The summed E-state index contributed by atoms with van der Waals surface area (Å²) < 4.78 is 26.3. The van der Waals surface area contributed by atoms with Crippen molar-refractivity contribution in [3.63, 3.8) is 0 Å². The molecule has 0 aliphatic heterocycles. The molecule has 0 atom stereocenters. The first-order valence-corrected chi connectivity index (χ1v) is 5.65. The Balaban J connectivity index is 3.33. The largest absolute Gasteiger partial charge is 0.302 e. The lowest BCUT2D eigenvalue weighted by atomic mass is 10.1. The molecule has 4 nitrogen and oxygen atoms in total. The number of aromatic nitrogens is 1. The van der Waals surface area contributed by atoms with E-state index in [0.29, 0.717) is 11.6 Å². The van der Waals surface area contributed by atoms with Crippen LogP contribution in [0, 0.1) is 10.1 Å². The van der Waals surface area contributed by atoms with Gasteiger partial charge in [-0.2, -0.15) is 0 Å². The van der Waals surface area contributed by atoms with Gasteiger partial charge in [0.05, 0.1) is 10.5 Å². The lowest BCUT2D eigenvalue weighted by molar-refractivity contribution is -0.385. The molecule has 1 heterocycles. The van der Waals surface area contributed by atoms with E-state index in [9.17, 15) is 18.9 Å². The quantitative estimate of drug-likeness (QED) is 0.597. The lowest BCUT2D eigenvalue weighted by Crippen LogP contribution is -2.09. The molecule has 0 aliphatic carbocycles. The predicted octanol–water partition coefficient (Wildman–Crippen LogP) is 4.08. The molecule has 0 amide bonds. The van der Waals surface area contributed by atoms with Gasteiger partial charge >= 0.3 is 5.69 Å². The Labute approximate surface area is 109 Å². The third kappa shape index (κ3) is 3.67. The van der Waals surface area contributed by atoms with Crippen LogP contribution in [0.25, 0.3) is 11.6 Å². The highest BCUT2D eigenvalue weighted by Crippen LogP contribution is 2.29. The summed E-state index contributed by atoms with van der Waals surface area (Å²) in [6, 6.07) is 1.33. The standard InChI is InChI=1S/C13H14F2N2O2/c1-4-13(14,15)7-5-10-6-8-16-11(9(2)3)12(10)17(18)19/h5-8H,2,4H2,1,3H3/b7-5+. The van der Waals surface area contributed by atoms with Crippen LogP contribution in [0.1, 0.15) is 31.5 Å². The van der Waals surface area contributed by atoms with Crippen molar-refractivity contribution in [2.24, 2.45) is 0 Å². The number of alkyl halides is 2. The fraction of sp³-hybridized carbons (Fsp3) is 0.308. The molecule has 0 bridgehead atoms. The summed E-state index contributed by atoms with van der Waals surface area (Å²) in [5.41, 5.74) is 0.292. The summed E-state index contributed by atoms with van der Waals surface area (Å²) in [6.45, 7) is 6.51. The molecule has 19 heavy (non-hydrogen) atoms. The van der Waals surface area contributed by atoms with Gasteiger partial charge in [0.1, 0.15) is 5.69 Å². The normalized spacial score (nSPS) is 11.8. The van der Waals surface area contributed by atoms with Gasteiger partial charge in [0.25, 0.3) is 5.92 Å². The highest BCUT2D eigenvalue weighted by molar-refractivity contribution is 5.73. The van der Waals surface area contributed by atoms with Gasteiger partial charge in [-0.15, -0.1) is 0 Å². The monoisotopic (exact) mass is 268 g/mol. The van der Waals surface area contributed by atoms with Crippen molar-refractivity contribution in [1.82, 2.24) is 4.98 Å². The molecule has 1 aromatic rings. The molecule has 1 aromatic heterocycles. The zero-order chi connectivity index (χ0) is 14.6. The Morgan fingerprint density at radius 3 is 2.74 bits per heavy atom. The molecular weight excluding hydrogens is 254 g/mol. The highest BCUT2D eigenvalue weighted by Gasteiger charge is 2.24. The van der Waals surface area contributed by atoms with Crippen LogP contribution in [0.3, 0.4) is 0 Å². The molecule has 0 unspecified atom stereocenters. The molecule has 0 fully saturated rings. The Kier molecular flexibility index (Phi) is 4.47. The Morgan fingerprint density at radius 2 is 2.26 bits per heavy atom. The van der Waals surface area contributed by atoms with Crippen LogP contribution >= 0.6 is 0 Å². The summed E-state index contributed by atoms with van der Waals surface area (Å²) in [5, 5.41) is 11.0. The smallest absolute Gasteiger partial charge is 0.258 e. The third-order valence-corrected chi connectivity index (χ3v) is 2.52. The van der Waals surface area contributed by atoms with Crippen LogP contribution in [0.5, 0.6) is 0 Å². The van der Waals surface area contributed by atoms with Gasteiger partial charge in [-0.25, -0.2) is 13.8 Å². The van der Waals surface area contributed by atoms with Gasteiger partial charge in [0.2, 0.25) is 0 Å². The van der Waals surface area contributed by atoms with Crippen molar-refractivity contribution in [1.29, 1.82) is 0 Å². The summed E-state index contributed by atoms with van der Waals surface area (Å²) >= 11 is 0. The average Bonchev–Trinajstić information content (AvgIpc) is 2.35. The maximum absolute atomic E-state index is 13.1. The molecule has 0 spiro atoms. The number of rotatable bonds is 5. The van der Waals surface area contributed by atoms with E-state index in [0.717, 1.165) is 6.08 Å². The number of hydrogen-bond donors (Lipinski definition) is 0. The van der Waals surface area contributed by atoms with E-state index in [-0.39, 0.29) is 23.4 Å². The molecule has 6 heteroatoms. The number of nitro groups is 1. The van der Waals surface area contributed by atoms with Crippen molar-refractivity contribution < 1.29 is 13.7 Å². The van der Waals surface area contributed by atoms with E-state index in [2.05, 4.69) is 11.6 Å². The molecule has 0 aliphatic rings. The number of hydrogen-bond acceptors (Lipinski definition) is 3. The van der Waals surface area contributed by atoms with Crippen LogP contribution < -0.4 is 0 Å².